The molecule has 12 heavy (non-hydrogen) atoms. The molecule has 1 unspecified atom stereocenters. The van der Waals surface area contributed by atoms with Gasteiger partial charge in [-0.25, -0.2) is 0 Å². The minimum atomic E-state index is 0.147. The second kappa shape index (κ2) is 3.60. The number of nitrogens with zero attached hydrogens (tertiary/aromatic N) is 2. The molecule has 2 heterocycles. The van der Waals surface area contributed by atoms with Crippen LogP contribution in [-0.4, -0.2) is 29.9 Å². The van der Waals surface area contributed by atoms with Crippen molar-refractivity contribution in [2.45, 2.75) is 6.10 Å². The van der Waals surface area contributed by atoms with Gasteiger partial charge in [0.15, 0.2) is 0 Å². The van der Waals surface area contributed by atoms with Crippen molar-refractivity contribution in [1.82, 2.24) is 15.5 Å². The third-order valence-electron chi connectivity index (χ3n) is 1.91. The first-order valence-electron chi connectivity index (χ1n) is 4.06. The lowest BCUT2D eigenvalue weighted by Gasteiger charge is -2.23. The highest BCUT2D eigenvalue weighted by Crippen LogP contribution is 2.15. The van der Waals surface area contributed by atoms with E-state index in [1.807, 2.05) is 6.07 Å². The molecule has 0 saturated carbocycles. The van der Waals surface area contributed by atoms with Crippen molar-refractivity contribution in [3.05, 3.63) is 24.0 Å². The van der Waals surface area contributed by atoms with Gasteiger partial charge in [-0.05, 0) is 6.07 Å². The molecule has 4 nitrogen and oxygen atoms in total. The molecule has 4 heteroatoms. The molecule has 1 aromatic rings. The Kier molecular flexibility index (Phi) is 2.29. The lowest BCUT2D eigenvalue weighted by atomic mass is 10.1. The molecule has 2 rings (SSSR count). The van der Waals surface area contributed by atoms with Gasteiger partial charge in [-0.15, -0.1) is 0 Å². The third kappa shape index (κ3) is 1.60. The van der Waals surface area contributed by atoms with Crippen molar-refractivity contribution in [1.29, 1.82) is 0 Å². The van der Waals surface area contributed by atoms with E-state index in [0.717, 1.165) is 25.3 Å². The number of ether oxygens (including phenoxy) is 1. The zero-order chi connectivity index (χ0) is 8.23. The van der Waals surface area contributed by atoms with Crippen LogP contribution in [0, 0.1) is 0 Å². The quantitative estimate of drug-likeness (QED) is 0.643. The van der Waals surface area contributed by atoms with Crippen LogP contribution in [0.4, 0.5) is 0 Å². The number of rotatable bonds is 1. The highest BCUT2D eigenvalue weighted by atomic mass is 16.5. The maximum Gasteiger partial charge on any atom is 0.0965 e. The number of hydrogen-bond acceptors (Lipinski definition) is 4. The van der Waals surface area contributed by atoms with E-state index < -0.39 is 0 Å². The Morgan fingerprint density at radius 1 is 1.50 bits per heavy atom. The number of nitrogens with one attached hydrogen (secondary N) is 1. The van der Waals surface area contributed by atoms with E-state index in [0.29, 0.717) is 0 Å². The van der Waals surface area contributed by atoms with Gasteiger partial charge in [-0.1, -0.05) is 0 Å². The Balaban J connectivity index is 2.08. The molecule has 1 N–H and O–H groups in total. The van der Waals surface area contributed by atoms with Gasteiger partial charge in [-0.3, -0.25) is 0 Å². The van der Waals surface area contributed by atoms with E-state index in [1.165, 1.54) is 0 Å². The number of hydrogen-bond donors (Lipinski definition) is 1. The maximum atomic E-state index is 5.53. The van der Waals surface area contributed by atoms with Crippen molar-refractivity contribution in [3.8, 4) is 0 Å². The van der Waals surface area contributed by atoms with Crippen LogP contribution in [0.2, 0.25) is 0 Å². The summed E-state index contributed by atoms with van der Waals surface area (Å²) in [6.07, 6.45) is 3.58. The molecule has 1 aliphatic heterocycles. The van der Waals surface area contributed by atoms with Crippen LogP contribution in [-0.2, 0) is 4.74 Å². The summed E-state index contributed by atoms with van der Waals surface area (Å²) in [5.41, 5.74) is 1.09. The molecule has 1 atom stereocenters. The molecule has 0 amide bonds. The van der Waals surface area contributed by atoms with Crippen molar-refractivity contribution in [3.63, 3.8) is 0 Å². The van der Waals surface area contributed by atoms with Crippen LogP contribution >= 0.6 is 0 Å². The van der Waals surface area contributed by atoms with Gasteiger partial charge < -0.3 is 10.1 Å². The van der Waals surface area contributed by atoms with Crippen LogP contribution < -0.4 is 5.32 Å². The molecule has 64 valence electrons. The topological polar surface area (TPSA) is 47.0 Å². The molecular formula is C8H11N3O. The fraction of sp³-hybridized carbons (Fsp3) is 0.500. The Morgan fingerprint density at radius 2 is 2.50 bits per heavy atom. The van der Waals surface area contributed by atoms with E-state index in [2.05, 4.69) is 15.5 Å². The zero-order valence-corrected chi connectivity index (χ0v) is 6.73. The summed E-state index contributed by atoms with van der Waals surface area (Å²) in [5.74, 6) is 0. The first-order chi connectivity index (χ1) is 5.97. The summed E-state index contributed by atoms with van der Waals surface area (Å²) in [7, 11) is 0. The normalized spacial score (nSPS) is 23.8. The number of aromatic nitrogens is 2. The predicted molar refractivity (Wildman–Crippen MR) is 43.6 cm³/mol. The Hall–Kier alpha value is -1.00. The van der Waals surface area contributed by atoms with Crippen molar-refractivity contribution >= 4 is 0 Å². The lowest BCUT2D eigenvalue weighted by molar-refractivity contribution is 0.0274. The Labute approximate surface area is 71.0 Å². The summed E-state index contributed by atoms with van der Waals surface area (Å²) in [6, 6.07) is 1.94. The SMILES string of the molecule is c1cc(C2CNCCO2)cnn1. The second-order valence-electron chi connectivity index (χ2n) is 2.74. The largest absolute Gasteiger partial charge is 0.371 e. The van der Waals surface area contributed by atoms with Crippen LogP contribution in [0.25, 0.3) is 0 Å². The minimum Gasteiger partial charge on any atom is -0.371 e. The predicted octanol–water partition coefficient (Wildman–Crippen LogP) is 0.137. The average Bonchev–Trinajstić information content (AvgIpc) is 2.21. The first-order valence-corrected chi connectivity index (χ1v) is 4.06. The van der Waals surface area contributed by atoms with Crippen LogP contribution in [0.3, 0.4) is 0 Å². The third-order valence-corrected chi connectivity index (χ3v) is 1.91. The summed E-state index contributed by atoms with van der Waals surface area (Å²) in [4.78, 5) is 0. The van der Waals surface area contributed by atoms with Gasteiger partial charge >= 0.3 is 0 Å². The maximum absolute atomic E-state index is 5.53. The molecule has 1 fully saturated rings. The van der Waals surface area contributed by atoms with E-state index in [4.69, 9.17) is 4.74 Å². The Bertz CT molecular complexity index is 233. The van der Waals surface area contributed by atoms with Crippen molar-refractivity contribution < 1.29 is 4.74 Å². The molecular weight excluding hydrogens is 154 g/mol. The fourth-order valence-corrected chi connectivity index (χ4v) is 1.27. The van der Waals surface area contributed by atoms with Gasteiger partial charge in [0.1, 0.15) is 0 Å². The summed E-state index contributed by atoms with van der Waals surface area (Å²) < 4.78 is 5.53. The van der Waals surface area contributed by atoms with Gasteiger partial charge in [0, 0.05) is 24.8 Å². The first kappa shape index (κ1) is 7.64. The fourth-order valence-electron chi connectivity index (χ4n) is 1.27. The monoisotopic (exact) mass is 165 g/mol. The lowest BCUT2D eigenvalue weighted by Crippen LogP contribution is -2.33. The molecule has 1 saturated heterocycles. The van der Waals surface area contributed by atoms with Gasteiger partial charge in [-0.2, -0.15) is 10.2 Å². The summed E-state index contributed by atoms with van der Waals surface area (Å²) in [5, 5.41) is 10.8. The molecule has 1 aliphatic rings. The van der Waals surface area contributed by atoms with Crippen LogP contribution in [0.5, 0.6) is 0 Å². The van der Waals surface area contributed by atoms with Gasteiger partial charge in [0.25, 0.3) is 0 Å². The molecule has 1 aromatic heterocycles. The highest BCUT2D eigenvalue weighted by Gasteiger charge is 2.14. The Morgan fingerprint density at radius 3 is 3.17 bits per heavy atom. The van der Waals surface area contributed by atoms with Crippen LogP contribution in [0.1, 0.15) is 11.7 Å². The van der Waals surface area contributed by atoms with Crippen LogP contribution in [0.15, 0.2) is 18.5 Å². The van der Waals surface area contributed by atoms with Gasteiger partial charge in [0.05, 0.1) is 18.9 Å². The smallest absolute Gasteiger partial charge is 0.0965 e. The van der Waals surface area contributed by atoms with E-state index in [9.17, 15) is 0 Å². The standard InChI is InChI=1S/C8H11N3O/c1-2-10-11-5-7(1)8-6-9-3-4-12-8/h1-2,5,8-9H,3-4,6H2. The van der Waals surface area contributed by atoms with E-state index in [1.54, 1.807) is 12.4 Å². The molecule has 0 bridgehead atoms. The molecule has 0 spiro atoms. The van der Waals surface area contributed by atoms with Crippen molar-refractivity contribution in [2.24, 2.45) is 0 Å². The molecule has 0 aliphatic carbocycles. The van der Waals surface area contributed by atoms with E-state index in [-0.39, 0.29) is 6.10 Å². The zero-order valence-electron chi connectivity index (χ0n) is 6.73. The second-order valence-corrected chi connectivity index (χ2v) is 2.74. The highest BCUT2D eigenvalue weighted by molar-refractivity contribution is 5.10. The molecule has 0 aromatic carbocycles. The summed E-state index contributed by atoms with van der Waals surface area (Å²) >= 11 is 0. The molecule has 0 radical (unpaired) electrons. The van der Waals surface area contributed by atoms with E-state index >= 15 is 0 Å². The summed E-state index contributed by atoms with van der Waals surface area (Å²) in [6.45, 7) is 2.58. The number of morpholine rings is 1. The minimum absolute atomic E-state index is 0.147. The van der Waals surface area contributed by atoms with Crippen molar-refractivity contribution in [2.75, 3.05) is 19.7 Å². The van der Waals surface area contributed by atoms with Gasteiger partial charge in [0.2, 0.25) is 0 Å². The average molecular weight is 165 g/mol.